The first-order chi connectivity index (χ1) is 25.9. The number of nitrogens with zero attached hydrogens (tertiary/aromatic N) is 8. The van der Waals surface area contributed by atoms with Gasteiger partial charge in [0, 0.05) is 56.7 Å². The van der Waals surface area contributed by atoms with E-state index in [1.807, 2.05) is 36.9 Å². The highest BCUT2D eigenvalue weighted by Gasteiger charge is 2.35. The SMILES string of the molecule is CCC1c2cc(Oc3c(F)cnn4cc(-c5noc(CN(C)C)n5)cc34)ccc2CCN1C(=O)Nc1ccc(CN2CCN(CC)CC2)c(C(F)(F)F)c1. The molecular formula is C38H43F4N9O3. The molecule has 3 aromatic heterocycles. The Hall–Kier alpha value is -5.06. The summed E-state index contributed by atoms with van der Waals surface area (Å²) < 4.78 is 71.2. The second-order valence-electron chi connectivity index (χ2n) is 14.0. The molecule has 2 aromatic carbocycles. The number of aromatic nitrogens is 4. The third kappa shape index (κ3) is 7.91. The van der Waals surface area contributed by atoms with E-state index in [9.17, 15) is 18.0 Å². The zero-order valence-corrected chi connectivity index (χ0v) is 30.7. The Kier molecular flexibility index (Phi) is 10.6. The molecule has 1 unspecified atom stereocenters. The van der Waals surface area contributed by atoms with Crippen LogP contribution in [0.5, 0.6) is 11.5 Å². The topological polar surface area (TPSA) is 108 Å². The predicted octanol–water partition coefficient (Wildman–Crippen LogP) is 7.07. The van der Waals surface area contributed by atoms with Crippen LogP contribution in [0.15, 0.2) is 59.4 Å². The fourth-order valence-corrected chi connectivity index (χ4v) is 7.24. The Labute approximate surface area is 310 Å². The molecule has 286 valence electrons. The van der Waals surface area contributed by atoms with Gasteiger partial charge in [-0.05, 0) is 80.5 Å². The van der Waals surface area contributed by atoms with Crippen molar-refractivity contribution >= 4 is 17.2 Å². The molecule has 5 heterocycles. The second-order valence-corrected chi connectivity index (χ2v) is 14.0. The summed E-state index contributed by atoms with van der Waals surface area (Å²) in [4.78, 5) is 26.0. The number of fused-ring (bicyclic) bond motifs is 2. The van der Waals surface area contributed by atoms with Gasteiger partial charge in [-0.1, -0.05) is 31.1 Å². The molecule has 7 rings (SSSR count). The molecule has 0 saturated carbocycles. The summed E-state index contributed by atoms with van der Waals surface area (Å²) in [6.45, 7) is 8.95. The van der Waals surface area contributed by atoms with Crippen molar-refractivity contribution in [1.29, 1.82) is 0 Å². The van der Waals surface area contributed by atoms with Crippen LogP contribution < -0.4 is 10.1 Å². The average Bonchev–Trinajstić information content (AvgIpc) is 3.80. The monoisotopic (exact) mass is 749 g/mol. The third-order valence-electron chi connectivity index (χ3n) is 10.0. The molecule has 1 fully saturated rings. The number of rotatable bonds is 10. The number of halogens is 4. The molecule has 0 bridgehead atoms. The first-order valence-corrected chi connectivity index (χ1v) is 18.1. The standard InChI is InChI=1S/C38H43F4N9O3/c1-5-32-29-19-28(53-35-31(39)20-43-51-22-26(17-33(35)51)36-45-34(54-46-36)23-47(3)4)10-8-24(29)11-12-50(32)37(52)44-27-9-7-25(30(18-27)38(40,41)42)21-49-15-13-48(6-2)14-16-49/h7-10,17-20,22,32H,5-6,11-16,21,23H2,1-4H3,(H,44,52). The van der Waals surface area contributed by atoms with Crippen molar-refractivity contribution in [3.63, 3.8) is 0 Å². The molecule has 54 heavy (non-hydrogen) atoms. The summed E-state index contributed by atoms with van der Waals surface area (Å²) in [7, 11) is 3.77. The van der Waals surface area contributed by atoms with Crippen LogP contribution in [0, 0.1) is 5.82 Å². The van der Waals surface area contributed by atoms with Crippen LogP contribution in [0.25, 0.3) is 16.9 Å². The number of carbonyl (C=O) groups is 1. The number of carbonyl (C=O) groups excluding carboxylic acids is 1. The van der Waals surface area contributed by atoms with Crippen LogP contribution in [-0.2, 0) is 25.7 Å². The molecule has 0 radical (unpaired) electrons. The summed E-state index contributed by atoms with van der Waals surface area (Å²) in [6, 6.07) is 10.2. The van der Waals surface area contributed by atoms with E-state index in [2.05, 4.69) is 32.4 Å². The zero-order valence-electron chi connectivity index (χ0n) is 30.7. The number of urea groups is 1. The van der Waals surface area contributed by atoms with Crippen LogP contribution in [0.4, 0.5) is 28.0 Å². The third-order valence-corrected chi connectivity index (χ3v) is 10.0. The zero-order chi connectivity index (χ0) is 38.1. The number of hydrogen-bond donors (Lipinski definition) is 1. The molecule has 2 aliphatic heterocycles. The fourth-order valence-electron chi connectivity index (χ4n) is 7.24. The summed E-state index contributed by atoms with van der Waals surface area (Å²) in [5, 5.41) is 10.9. The van der Waals surface area contributed by atoms with Gasteiger partial charge in [0.25, 0.3) is 0 Å². The minimum Gasteiger partial charge on any atom is -0.452 e. The number of hydrogen-bond acceptors (Lipinski definition) is 9. The van der Waals surface area contributed by atoms with Crippen molar-refractivity contribution < 1.29 is 31.6 Å². The van der Waals surface area contributed by atoms with Crippen molar-refractivity contribution in [2.45, 2.75) is 52.0 Å². The Morgan fingerprint density at radius 2 is 1.81 bits per heavy atom. The van der Waals surface area contributed by atoms with Crippen molar-refractivity contribution in [2.75, 3.05) is 58.7 Å². The van der Waals surface area contributed by atoms with Gasteiger partial charge in [0.2, 0.25) is 11.7 Å². The van der Waals surface area contributed by atoms with Gasteiger partial charge in [-0.2, -0.15) is 23.3 Å². The highest BCUT2D eigenvalue weighted by atomic mass is 19.4. The lowest BCUT2D eigenvalue weighted by molar-refractivity contribution is -0.138. The first kappa shape index (κ1) is 37.3. The molecule has 2 amide bonds. The van der Waals surface area contributed by atoms with E-state index in [1.165, 1.54) is 16.6 Å². The molecular weight excluding hydrogens is 706 g/mol. The van der Waals surface area contributed by atoms with Gasteiger partial charge in [0.15, 0.2) is 11.6 Å². The maximum absolute atomic E-state index is 15.3. The van der Waals surface area contributed by atoms with Gasteiger partial charge in [0.05, 0.1) is 24.3 Å². The molecule has 1 saturated heterocycles. The second kappa shape index (κ2) is 15.4. The Balaban J connectivity index is 1.09. The normalized spacial score (nSPS) is 17.0. The van der Waals surface area contributed by atoms with E-state index < -0.39 is 29.6 Å². The van der Waals surface area contributed by atoms with Crippen molar-refractivity contribution in [2.24, 2.45) is 0 Å². The fraction of sp³-hybridized carbons (Fsp3) is 0.421. The molecule has 0 spiro atoms. The summed E-state index contributed by atoms with van der Waals surface area (Å²) in [6.07, 6.45) is -0.823. The highest BCUT2D eigenvalue weighted by Crippen LogP contribution is 2.39. The number of alkyl halides is 3. The number of likely N-dealkylation sites (N-methyl/N-ethyl adjacent to an activating group) is 1. The number of nitrogens with one attached hydrogen (secondary N) is 1. The van der Waals surface area contributed by atoms with E-state index in [-0.39, 0.29) is 23.5 Å². The van der Waals surface area contributed by atoms with Crippen LogP contribution in [0.1, 0.15) is 54.5 Å². The molecule has 1 atom stereocenters. The summed E-state index contributed by atoms with van der Waals surface area (Å²) in [5.41, 5.74) is 2.22. The smallest absolute Gasteiger partial charge is 0.416 e. The molecule has 0 aliphatic carbocycles. The number of anilines is 1. The number of benzene rings is 2. The van der Waals surface area contributed by atoms with Gasteiger partial charge < -0.3 is 29.3 Å². The largest absolute Gasteiger partial charge is 0.452 e. The molecule has 12 nitrogen and oxygen atoms in total. The van der Waals surface area contributed by atoms with Gasteiger partial charge in [-0.15, -0.1) is 0 Å². The van der Waals surface area contributed by atoms with Crippen molar-refractivity contribution in [3.05, 3.63) is 88.8 Å². The molecule has 5 aromatic rings. The minimum atomic E-state index is -4.58. The van der Waals surface area contributed by atoms with E-state index in [0.717, 1.165) is 43.0 Å². The van der Waals surface area contributed by atoms with Crippen LogP contribution in [0.2, 0.25) is 0 Å². The van der Waals surface area contributed by atoms with E-state index in [0.29, 0.717) is 67.6 Å². The Morgan fingerprint density at radius 1 is 1.04 bits per heavy atom. The van der Waals surface area contributed by atoms with E-state index in [4.69, 9.17) is 9.26 Å². The molecule has 1 N–H and O–H groups in total. The highest BCUT2D eigenvalue weighted by molar-refractivity contribution is 5.90. The summed E-state index contributed by atoms with van der Waals surface area (Å²) >= 11 is 0. The van der Waals surface area contributed by atoms with E-state index >= 15 is 4.39 Å². The Morgan fingerprint density at radius 3 is 2.54 bits per heavy atom. The van der Waals surface area contributed by atoms with Crippen LogP contribution in [-0.4, -0.2) is 98.7 Å². The number of piperazine rings is 1. The lowest BCUT2D eigenvalue weighted by atomic mass is 9.91. The maximum Gasteiger partial charge on any atom is 0.416 e. The minimum absolute atomic E-state index is 0.0567. The quantitative estimate of drug-likeness (QED) is 0.150. The van der Waals surface area contributed by atoms with Crippen molar-refractivity contribution in [1.82, 2.24) is 39.4 Å². The van der Waals surface area contributed by atoms with Gasteiger partial charge in [-0.25, -0.2) is 13.7 Å². The predicted molar refractivity (Wildman–Crippen MR) is 194 cm³/mol. The van der Waals surface area contributed by atoms with Crippen LogP contribution >= 0.6 is 0 Å². The lowest BCUT2D eigenvalue weighted by Gasteiger charge is -2.37. The van der Waals surface area contributed by atoms with Gasteiger partial charge in [0.1, 0.15) is 11.3 Å². The van der Waals surface area contributed by atoms with E-state index in [1.54, 1.807) is 29.3 Å². The Bertz CT molecular complexity index is 2120. The first-order valence-electron chi connectivity index (χ1n) is 18.1. The number of ether oxygens (including phenoxy) is 1. The average molecular weight is 750 g/mol. The van der Waals surface area contributed by atoms with Crippen LogP contribution in [0.3, 0.4) is 0 Å². The summed E-state index contributed by atoms with van der Waals surface area (Å²) in [5.74, 6) is 0.368. The van der Waals surface area contributed by atoms with Gasteiger partial charge in [-0.3, -0.25) is 4.90 Å². The molecule has 2 aliphatic rings. The van der Waals surface area contributed by atoms with Crippen molar-refractivity contribution in [3.8, 4) is 22.9 Å². The molecule has 16 heteroatoms. The number of amides is 2. The lowest BCUT2D eigenvalue weighted by Crippen LogP contribution is -2.45. The maximum atomic E-state index is 15.3. The van der Waals surface area contributed by atoms with Gasteiger partial charge >= 0.3 is 12.2 Å².